The van der Waals surface area contributed by atoms with Crippen molar-refractivity contribution in [3.05, 3.63) is 42.5 Å². The van der Waals surface area contributed by atoms with Crippen LogP contribution in [0, 0.1) is 0 Å². The van der Waals surface area contributed by atoms with Crippen LogP contribution in [0.4, 0.5) is 0 Å². The first kappa shape index (κ1) is 15.0. The highest BCUT2D eigenvalue weighted by Crippen LogP contribution is 2.11. The molecule has 0 unspecified atom stereocenters. The van der Waals surface area contributed by atoms with E-state index in [0.717, 1.165) is 37.4 Å². The minimum Gasteiger partial charge on any atom is -0.494 e. The third-order valence-electron chi connectivity index (χ3n) is 2.48. The van der Waals surface area contributed by atoms with Crippen LogP contribution in [0.3, 0.4) is 0 Å². The van der Waals surface area contributed by atoms with E-state index < -0.39 is 0 Å². The zero-order chi connectivity index (χ0) is 13.9. The van der Waals surface area contributed by atoms with Gasteiger partial charge in [0.15, 0.2) is 0 Å². The smallest absolute Gasteiger partial charge is 0.330 e. The molecule has 0 fully saturated rings. The Bertz CT molecular complexity index is 409. The molecular weight excluding hydrogens is 244 g/mol. The van der Waals surface area contributed by atoms with Crippen LogP contribution in [0.5, 0.6) is 5.75 Å². The van der Waals surface area contributed by atoms with Crippen LogP contribution in [-0.4, -0.2) is 25.5 Å². The molecule has 4 nitrogen and oxygen atoms in total. The Morgan fingerprint density at radius 2 is 1.79 bits per heavy atom. The number of aldehydes is 1. The van der Waals surface area contributed by atoms with Crippen molar-refractivity contribution in [3.63, 3.8) is 0 Å². The molecule has 0 atom stereocenters. The van der Waals surface area contributed by atoms with Crippen LogP contribution in [0.25, 0.3) is 0 Å². The van der Waals surface area contributed by atoms with Gasteiger partial charge in [0.2, 0.25) is 0 Å². The van der Waals surface area contributed by atoms with Crippen LogP contribution >= 0.6 is 0 Å². The maximum Gasteiger partial charge on any atom is 0.330 e. The van der Waals surface area contributed by atoms with Gasteiger partial charge in [0, 0.05) is 11.6 Å². The molecule has 102 valence electrons. The highest BCUT2D eigenvalue weighted by atomic mass is 16.5. The molecule has 0 radical (unpaired) electrons. The SMILES string of the molecule is C=CC(=O)OCCCCCOc1ccc(C=O)cc1. The fourth-order valence-corrected chi connectivity index (χ4v) is 1.45. The van der Waals surface area contributed by atoms with Gasteiger partial charge in [0.05, 0.1) is 13.2 Å². The fourth-order valence-electron chi connectivity index (χ4n) is 1.45. The quantitative estimate of drug-likeness (QED) is 0.297. The molecule has 0 amide bonds. The molecule has 4 heteroatoms. The standard InChI is InChI=1S/C15H18O4/c1-2-15(17)19-11-5-3-4-10-18-14-8-6-13(12-16)7-9-14/h2,6-9,12H,1,3-5,10-11H2. The lowest BCUT2D eigenvalue weighted by Gasteiger charge is -2.06. The number of ether oxygens (including phenoxy) is 2. The van der Waals surface area contributed by atoms with Crippen molar-refractivity contribution in [2.24, 2.45) is 0 Å². The molecular formula is C15H18O4. The van der Waals surface area contributed by atoms with Crippen molar-refractivity contribution < 1.29 is 19.1 Å². The van der Waals surface area contributed by atoms with E-state index in [2.05, 4.69) is 6.58 Å². The van der Waals surface area contributed by atoms with Gasteiger partial charge < -0.3 is 9.47 Å². The zero-order valence-electron chi connectivity index (χ0n) is 10.8. The maximum absolute atomic E-state index is 10.7. The molecule has 0 aliphatic rings. The zero-order valence-corrected chi connectivity index (χ0v) is 10.8. The lowest BCUT2D eigenvalue weighted by atomic mass is 10.2. The van der Waals surface area contributed by atoms with Gasteiger partial charge in [-0.2, -0.15) is 0 Å². The van der Waals surface area contributed by atoms with Crippen LogP contribution in [-0.2, 0) is 9.53 Å². The average Bonchev–Trinajstić information content (AvgIpc) is 2.46. The summed E-state index contributed by atoms with van der Waals surface area (Å²) in [5.41, 5.74) is 0.636. The largest absolute Gasteiger partial charge is 0.494 e. The molecule has 19 heavy (non-hydrogen) atoms. The molecule has 0 aliphatic carbocycles. The van der Waals surface area contributed by atoms with Gasteiger partial charge in [-0.05, 0) is 43.5 Å². The second-order valence-electron chi connectivity index (χ2n) is 3.97. The van der Waals surface area contributed by atoms with E-state index in [0.29, 0.717) is 18.8 Å². The molecule has 0 aliphatic heterocycles. The number of carbonyl (C=O) groups excluding carboxylic acids is 2. The number of unbranched alkanes of at least 4 members (excludes halogenated alkanes) is 2. The first-order valence-electron chi connectivity index (χ1n) is 6.23. The Morgan fingerprint density at radius 1 is 1.11 bits per heavy atom. The van der Waals surface area contributed by atoms with Gasteiger partial charge in [-0.3, -0.25) is 4.79 Å². The summed E-state index contributed by atoms with van der Waals surface area (Å²) in [5.74, 6) is 0.371. The lowest BCUT2D eigenvalue weighted by molar-refractivity contribution is -0.137. The molecule has 0 N–H and O–H groups in total. The summed E-state index contributed by atoms with van der Waals surface area (Å²) < 4.78 is 10.4. The maximum atomic E-state index is 10.7. The number of carbonyl (C=O) groups is 2. The summed E-state index contributed by atoms with van der Waals surface area (Å²) >= 11 is 0. The van der Waals surface area contributed by atoms with E-state index in [1.54, 1.807) is 24.3 Å². The summed E-state index contributed by atoms with van der Waals surface area (Å²) in [6.07, 6.45) is 4.59. The molecule has 0 aromatic heterocycles. The van der Waals surface area contributed by atoms with E-state index >= 15 is 0 Å². The van der Waals surface area contributed by atoms with Crippen LogP contribution in [0.1, 0.15) is 29.6 Å². The number of hydrogen-bond donors (Lipinski definition) is 0. The molecule has 1 aromatic rings. The van der Waals surface area contributed by atoms with Crippen LogP contribution < -0.4 is 4.74 Å². The Kier molecular flexibility index (Phi) is 7.02. The number of rotatable bonds is 9. The van der Waals surface area contributed by atoms with Crippen molar-refractivity contribution in [1.29, 1.82) is 0 Å². The highest BCUT2D eigenvalue weighted by Gasteiger charge is 1.97. The van der Waals surface area contributed by atoms with Gasteiger partial charge in [0.1, 0.15) is 12.0 Å². The van der Waals surface area contributed by atoms with Gasteiger partial charge >= 0.3 is 5.97 Å². The normalized spacial score (nSPS) is 9.68. The van der Waals surface area contributed by atoms with E-state index in [1.807, 2.05) is 0 Å². The highest BCUT2D eigenvalue weighted by molar-refractivity contribution is 5.81. The monoisotopic (exact) mass is 262 g/mol. The summed E-state index contributed by atoms with van der Waals surface area (Å²) in [7, 11) is 0. The molecule has 0 heterocycles. The second-order valence-corrected chi connectivity index (χ2v) is 3.97. The Hall–Kier alpha value is -2.10. The topological polar surface area (TPSA) is 52.6 Å². The first-order valence-corrected chi connectivity index (χ1v) is 6.23. The Morgan fingerprint density at radius 3 is 2.42 bits per heavy atom. The molecule has 0 saturated heterocycles. The van der Waals surface area contributed by atoms with Crippen LogP contribution in [0.2, 0.25) is 0 Å². The van der Waals surface area contributed by atoms with Gasteiger partial charge in [-0.25, -0.2) is 4.79 Å². The number of benzene rings is 1. The second kappa shape index (κ2) is 8.91. The number of hydrogen-bond acceptors (Lipinski definition) is 4. The average molecular weight is 262 g/mol. The molecule has 1 rings (SSSR count). The third-order valence-corrected chi connectivity index (χ3v) is 2.48. The lowest BCUT2D eigenvalue weighted by Crippen LogP contribution is -2.03. The summed E-state index contributed by atoms with van der Waals surface area (Å²) in [5, 5.41) is 0. The van der Waals surface area contributed by atoms with Crippen molar-refractivity contribution >= 4 is 12.3 Å². The van der Waals surface area contributed by atoms with E-state index in [9.17, 15) is 9.59 Å². The summed E-state index contributed by atoms with van der Waals surface area (Å²) in [6, 6.07) is 6.99. The first-order chi connectivity index (χ1) is 9.26. The predicted octanol–water partition coefficient (Wildman–Crippen LogP) is 2.78. The number of esters is 1. The van der Waals surface area contributed by atoms with E-state index in [1.165, 1.54) is 0 Å². The molecule has 0 bridgehead atoms. The van der Waals surface area contributed by atoms with Gasteiger partial charge in [0.25, 0.3) is 0 Å². The molecule has 0 saturated carbocycles. The van der Waals surface area contributed by atoms with Crippen LogP contribution in [0.15, 0.2) is 36.9 Å². The van der Waals surface area contributed by atoms with Gasteiger partial charge in [-0.1, -0.05) is 6.58 Å². The summed E-state index contributed by atoms with van der Waals surface area (Å²) in [4.78, 5) is 21.2. The van der Waals surface area contributed by atoms with E-state index in [-0.39, 0.29) is 5.97 Å². The molecule has 0 spiro atoms. The van der Waals surface area contributed by atoms with Crippen molar-refractivity contribution in [2.75, 3.05) is 13.2 Å². The van der Waals surface area contributed by atoms with Gasteiger partial charge in [-0.15, -0.1) is 0 Å². The van der Waals surface area contributed by atoms with Crippen molar-refractivity contribution in [3.8, 4) is 5.75 Å². The Balaban J connectivity index is 2.05. The predicted molar refractivity (Wildman–Crippen MR) is 72.3 cm³/mol. The van der Waals surface area contributed by atoms with Crippen molar-refractivity contribution in [1.82, 2.24) is 0 Å². The minimum absolute atomic E-state index is 0.383. The van der Waals surface area contributed by atoms with E-state index in [4.69, 9.17) is 9.47 Å². The van der Waals surface area contributed by atoms with Crippen molar-refractivity contribution in [2.45, 2.75) is 19.3 Å². The molecule has 1 aromatic carbocycles. The minimum atomic E-state index is -0.383. The Labute approximate surface area is 113 Å². The third kappa shape index (κ3) is 6.41. The summed E-state index contributed by atoms with van der Waals surface area (Å²) in [6.45, 7) is 4.34. The fraction of sp³-hybridized carbons (Fsp3) is 0.333.